The van der Waals surface area contributed by atoms with Crippen LogP contribution in [0, 0.1) is 16.7 Å². The lowest BCUT2D eigenvalue weighted by Crippen LogP contribution is -2.79. The van der Waals surface area contributed by atoms with E-state index in [1.165, 1.54) is 27.7 Å². The molecule has 0 spiro atoms. The summed E-state index contributed by atoms with van der Waals surface area (Å²) in [5.74, 6) is -3.24. The SMILES string of the molecule is CC(=O)OC1CC2OC[C@@]2(OC(C)=O)[C@H]2C(OC(=O)c3ccccc3)[C@@]3(C(C)(C)O)CC(O)C(C)=C3C(O)C(O)[C@]12C. The van der Waals surface area contributed by atoms with Crippen LogP contribution >= 0.6 is 0 Å². The molecule has 10 atom stereocenters. The van der Waals surface area contributed by atoms with Gasteiger partial charge in [0.25, 0.3) is 0 Å². The third kappa shape index (κ3) is 4.16. The summed E-state index contributed by atoms with van der Waals surface area (Å²) >= 11 is 0. The second kappa shape index (κ2) is 10.1. The predicted molar refractivity (Wildman–Crippen MR) is 146 cm³/mol. The smallest absolute Gasteiger partial charge is 0.338 e. The van der Waals surface area contributed by atoms with E-state index in [2.05, 4.69) is 0 Å². The van der Waals surface area contributed by atoms with Crippen LogP contribution in [0.4, 0.5) is 0 Å². The molecule has 42 heavy (non-hydrogen) atoms. The highest BCUT2D eigenvalue weighted by molar-refractivity contribution is 5.89. The Hall–Kier alpha value is -2.83. The molecule has 1 aromatic carbocycles. The fraction of sp³-hybridized carbons (Fsp3) is 0.645. The molecule has 0 bridgehead atoms. The molecular formula is C31H40O11. The summed E-state index contributed by atoms with van der Waals surface area (Å²) < 4.78 is 24.1. The van der Waals surface area contributed by atoms with Gasteiger partial charge in [-0.2, -0.15) is 0 Å². The van der Waals surface area contributed by atoms with E-state index >= 15 is 0 Å². The van der Waals surface area contributed by atoms with Gasteiger partial charge in [-0.15, -0.1) is 0 Å². The number of hydrogen-bond donors (Lipinski definition) is 4. The summed E-state index contributed by atoms with van der Waals surface area (Å²) in [6.45, 7) is 8.50. The van der Waals surface area contributed by atoms with Crippen LogP contribution in [0.1, 0.15) is 64.7 Å². The summed E-state index contributed by atoms with van der Waals surface area (Å²) in [6, 6.07) is 8.18. The molecule has 1 heterocycles. The first-order valence-corrected chi connectivity index (χ1v) is 14.2. The number of rotatable bonds is 5. The molecule has 0 amide bonds. The predicted octanol–water partition coefficient (Wildman–Crippen LogP) is 1.44. The summed E-state index contributed by atoms with van der Waals surface area (Å²) in [5, 5.41) is 47.3. The highest BCUT2D eigenvalue weighted by Crippen LogP contribution is 2.68. The lowest BCUT2D eigenvalue weighted by Gasteiger charge is -2.65. The second-order valence-electron chi connectivity index (χ2n) is 13.0. The number of esters is 3. The van der Waals surface area contributed by atoms with Gasteiger partial charge in [0.05, 0.1) is 41.3 Å². The molecule has 11 nitrogen and oxygen atoms in total. The quantitative estimate of drug-likeness (QED) is 0.223. The third-order valence-corrected chi connectivity index (χ3v) is 10.3. The van der Waals surface area contributed by atoms with E-state index in [9.17, 15) is 34.8 Å². The van der Waals surface area contributed by atoms with Gasteiger partial charge in [-0.25, -0.2) is 4.79 Å². The fourth-order valence-corrected chi connectivity index (χ4v) is 8.36. The third-order valence-electron chi connectivity index (χ3n) is 10.3. The van der Waals surface area contributed by atoms with E-state index in [4.69, 9.17) is 18.9 Å². The number of aliphatic hydroxyl groups excluding tert-OH is 3. The molecule has 1 aliphatic heterocycles. The zero-order chi connectivity index (χ0) is 31.0. The normalized spacial score (nSPS) is 41.0. The van der Waals surface area contributed by atoms with Crippen molar-refractivity contribution < 1.29 is 53.8 Å². The van der Waals surface area contributed by atoms with Crippen molar-refractivity contribution in [3.05, 3.63) is 47.0 Å². The molecule has 230 valence electrons. The Kier molecular flexibility index (Phi) is 7.38. The van der Waals surface area contributed by atoms with Crippen molar-refractivity contribution >= 4 is 17.9 Å². The number of carbonyl (C=O) groups is 3. The molecule has 0 radical (unpaired) electrons. The molecule has 4 N–H and O–H groups in total. The summed E-state index contributed by atoms with van der Waals surface area (Å²) in [7, 11) is 0. The maximum absolute atomic E-state index is 13.8. The highest BCUT2D eigenvalue weighted by Gasteiger charge is 2.79. The van der Waals surface area contributed by atoms with Gasteiger partial charge in [0.1, 0.15) is 24.4 Å². The minimum absolute atomic E-state index is 0.0269. The highest BCUT2D eigenvalue weighted by atomic mass is 16.6. The minimum atomic E-state index is -1.76. The van der Waals surface area contributed by atoms with Crippen LogP contribution in [0.5, 0.6) is 0 Å². The van der Waals surface area contributed by atoms with E-state index in [1.54, 1.807) is 44.2 Å². The summed E-state index contributed by atoms with van der Waals surface area (Å²) in [5.41, 5.74) is -5.87. The van der Waals surface area contributed by atoms with E-state index in [1.807, 2.05) is 0 Å². The molecule has 1 aromatic rings. The lowest BCUT2D eigenvalue weighted by molar-refractivity contribution is -0.351. The number of carbonyl (C=O) groups excluding carboxylic acids is 3. The van der Waals surface area contributed by atoms with Crippen molar-refractivity contribution in [3.8, 4) is 0 Å². The van der Waals surface area contributed by atoms with Gasteiger partial charge in [0.2, 0.25) is 0 Å². The van der Waals surface area contributed by atoms with Crippen molar-refractivity contribution in [3.63, 3.8) is 0 Å². The van der Waals surface area contributed by atoms with Gasteiger partial charge in [0.15, 0.2) is 5.60 Å². The molecule has 11 heteroatoms. The van der Waals surface area contributed by atoms with Gasteiger partial charge < -0.3 is 39.4 Å². The van der Waals surface area contributed by atoms with Crippen molar-refractivity contribution in [2.45, 2.75) is 102 Å². The molecule has 2 saturated carbocycles. The Morgan fingerprint density at radius 3 is 2.19 bits per heavy atom. The average molecular weight is 589 g/mol. The van der Waals surface area contributed by atoms with E-state index in [-0.39, 0.29) is 30.6 Å². The maximum atomic E-state index is 13.8. The maximum Gasteiger partial charge on any atom is 0.338 e. The van der Waals surface area contributed by atoms with E-state index < -0.39 is 82.5 Å². The molecule has 4 aliphatic rings. The number of benzene rings is 1. The van der Waals surface area contributed by atoms with Gasteiger partial charge >= 0.3 is 17.9 Å². The van der Waals surface area contributed by atoms with Crippen LogP contribution < -0.4 is 0 Å². The number of fused-ring (bicyclic) bond motifs is 4. The Balaban J connectivity index is 1.85. The standard InChI is InChI=1S/C31H40O11/c1-15-19(34)13-30(28(4,5)38)22(15)23(35)25(36)29(6)20(40-16(2)32)12-21-31(14-39-21,42-17(3)33)24(29)26(30)41-27(37)18-10-8-7-9-11-18/h7-11,19-21,23-26,34-36,38H,12-14H2,1-6H3/t19?,20?,21?,23?,24-,25?,26?,29+,30+,31-/m0/s1. The number of ether oxygens (including phenoxy) is 4. The molecule has 3 fully saturated rings. The topological polar surface area (TPSA) is 169 Å². The Bertz CT molecular complexity index is 1300. The zero-order valence-corrected chi connectivity index (χ0v) is 24.7. The monoisotopic (exact) mass is 588 g/mol. The first-order chi connectivity index (χ1) is 19.5. The van der Waals surface area contributed by atoms with Crippen LogP contribution in [0.15, 0.2) is 41.5 Å². The Morgan fingerprint density at radius 2 is 1.67 bits per heavy atom. The number of hydrogen-bond acceptors (Lipinski definition) is 11. The Morgan fingerprint density at radius 1 is 1.02 bits per heavy atom. The van der Waals surface area contributed by atoms with Crippen LogP contribution in [0.25, 0.3) is 0 Å². The van der Waals surface area contributed by atoms with Gasteiger partial charge in [-0.05, 0) is 50.5 Å². The summed E-state index contributed by atoms with van der Waals surface area (Å²) in [6.07, 6.45) is -7.93. The van der Waals surface area contributed by atoms with Crippen molar-refractivity contribution in [2.24, 2.45) is 16.7 Å². The first kappa shape index (κ1) is 30.6. The van der Waals surface area contributed by atoms with E-state index in [0.29, 0.717) is 5.57 Å². The molecular weight excluding hydrogens is 548 g/mol. The van der Waals surface area contributed by atoms with Crippen LogP contribution in [-0.4, -0.2) is 92.8 Å². The lowest BCUT2D eigenvalue weighted by atomic mass is 9.49. The molecule has 6 unspecified atom stereocenters. The van der Waals surface area contributed by atoms with Crippen LogP contribution in [0.2, 0.25) is 0 Å². The summed E-state index contributed by atoms with van der Waals surface area (Å²) in [4.78, 5) is 38.9. The van der Waals surface area contributed by atoms with Crippen LogP contribution in [0.3, 0.4) is 0 Å². The van der Waals surface area contributed by atoms with Gasteiger partial charge in [-0.3, -0.25) is 9.59 Å². The minimum Gasteiger partial charge on any atom is -0.462 e. The van der Waals surface area contributed by atoms with Crippen LogP contribution in [-0.2, 0) is 28.5 Å². The Labute approximate surface area is 244 Å². The van der Waals surface area contributed by atoms with Crippen molar-refractivity contribution in [2.75, 3.05) is 6.61 Å². The molecule has 3 aliphatic carbocycles. The second-order valence-corrected chi connectivity index (χ2v) is 13.0. The van der Waals surface area contributed by atoms with E-state index in [0.717, 1.165) is 0 Å². The largest absolute Gasteiger partial charge is 0.462 e. The molecule has 1 saturated heterocycles. The molecule has 0 aromatic heterocycles. The fourth-order valence-electron chi connectivity index (χ4n) is 8.36. The zero-order valence-electron chi connectivity index (χ0n) is 24.7. The van der Waals surface area contributed by atoms with Crippen molar-refractivity contribution in [1.82, 2.24) is 0 Å². The number of aliphatic hydroxyl groups is 4. The van der Waals surface area contributed by atoms with Gasteiger partial charge in [-0.1, -0.05) is 25.1 Å². The first-order valence-electron chi connectivity index (χ1n) is 14.2. The van der Waals surface area contributed by atoms with Crippen molar-refractivity contribution in [1.29, 1.82) is 0 Å². The average Bonchev–Trinajstić information content (AvgIpc) is 3.15. The van der Waals surface area contributed by atoms with Gasteiger partial charge in [0, 0.05) is 25.7 Å². The molecule has 5 rings (SSSR count).